The van der Waals surface area contributed by atoms with Crippen LogP contribution in [0.4, 0.5) is 36.4 Å². The van der Waals surface area contributed by atoms with E-state index in [-0.39, 0.29) is 41.5 Å². The molecule has 2 saturated carbocycles. The maximum atomic E-state index is 13.7. The highest BCUT2D eigenvalue weighted by Crippen LogP contribution is 2.54. The molecule has 4 rings (SSSR count). The summed E-state index contributed by atoms with van der Waals surface area (Å²) >= 11 is 0. The van der Waals surface area contributed by atoms with E-state index >= 15 is 0 Å². The lowest BCUT2D eigenvalue weighted by atomic mass is 9.83. The Morgan fingerprint density at radius 1 is 1.15 bits per heavy atom. The molecule has 4 atom stereocenters. The van der Waals surface area contributed by atoms with Crippen LogP contribution >= 0.6 is 0 Å². The molecule has 0 saturated heterocycles. The quantitative estimate of drug-likeness (QED) is 0.273. The van der Waals surface area contributed by atoms with Crippen LogP contribution in [0.25, 0.3) is 0 Å². The van der Waals surface area contributed by atoms with Crippen LogP contribution in [-0.2, 0) is 11.0 Å². The van der Waals surface area contributed by atoms with Crippen molar-refractivity contribution < 1.29 is 50.2 Å². The molecule has 3 N–H and O–H groups in total. The van der Waals surface area contributed by atoms with Gasteiger partial charge in [-0.15, -0.1) is 0 Å². The van der Waals surface area contributed by atoms with Gasteiger partial charge < -0.3 is 20.5 Å². The van der Waals surface area contributed by atoms with Crippen LogP contribution in [0.3, 0.4) is 0 Å². The van der Waals surface area contributed by atoms with Gasteiger partial charge in [-0.1, -0.05) is 17.4 Å². The number of nitrogens with one attached hydrogen (secondary N) is 2. The molecular formula is C27H22F7N3O4. The molecule has 7 nitrogen and oxygen atoms in total. The molecule has 2 aliphatic carbocycles. The highest BCUT2D eigenvalue weighted by Gasteiger charge is 2.55. The van der Waals surface area contributed by atoms with Crippen LogP contribution in [0.1, 0.15) is 34.3 Å². The van der Waals surface area contributed by atoms with Gasteiger partial charge in [-0.05, 0) is 43.0 Å². The summed E-state index contributed by atoms with van der Waals surface area (Å²) in [7, 11) is 1.23. The Kier molecular flexibility index (Phi) is 8.30. The highest BCUT2D eigenvalue weighted by atomic mass is 19.4. The van der Waals surface area contributed by atoms with Crippen LogP contribution in [0, 0.1) is 35.4 Å². The van der Waals surface area contributed by atoms with Crippen molar-refractivity contribution >= 4 is 17.5 Å². The number of aliphatic hydroxyl groups excluding tert-OH is 1. The third kappa shape index (κ3) is 6.45. The number of hydrogen-bond acceptors (Lipinski definition) is 5. The van der Waals surface area contributed by atoms with Gasteiger partial charge in [0, 0.05) is 35.5 Å². The lowest BCUT2D eigenvalue weighted by Gasteiger charge is -2.30. The monoisotopic (exact) mass is 585 g/mol. The number of carbonyl (C=O) groups is 2. The maximum Gasteiger partial charge on any atom is 0.419 e. The smallest absolute Gasteiger partial charge is 0.419 e. The van der Waals surface area contributed by atoms with Crippen molar-refractivity contribution in [2.24, 2.45) is 17.8 Å². The van der Waals surface area contributed by atoms with E-state index in [9.17, 15) is 40.3 Å². The number of hydrogen-bond donors (Lipinski definition) is 3. The predicted molar refractivity (Wildman–Crippen MR) is 130 cm³/mol. The summed E-state index contributed by atoms with van der Waals surface area (Å²) in [6, 6.07) is 1.91. The number of alkyl halides is 6. The van der Waals surface area contributed by atoms with Gasteiger partial charge in [0.05, 0.1) is 18.6 Å². The minimum absolute atomic E-state index is 0.0919. The van der Waals surface area contributed by atoms with Crippen molar-refractivity contribution in [2.45, 2.75) is 31.2 Å². The largest absolute Gasteiger partial charge is 0.480 e. The van der Waals surface area contributed by atoms with E-state index in [2.05, 4.69) is 27.5 Å². The Labute approximate surface area is 228 Å². The Morgan fingerprint density at radius 3 is 2.49 bits per heavy atom. The molecule has 1 aromatic heterocycles. The summed E-state index contributed by atoms with van der Waals surface area (Å²) in [5, 5.41) is 13.8. The number of benzene rings is 1. The van der Waals surface area contributed by atoms with E-state index in [1.165, 1.54) is 19.4 Å². The van der Waals surface area contributed by atoms with Crippen molar-refractivity contribution in [1.82, 2.24) is 10.3 Å². The molecule has 2 aliphatic rings. The molecule has 218 valence electrons. The number of fused-ring (bicyclic) bond motifs is 2. The lowest BCUT2D eigenvalue weighted by molar-refractivity contribution is -0.140. The molecule has 0 spiro atoms. The van der Waals surface area contributed by atoms with E-state index in [0.29, 0.717) is 12.1 Å². The summed E-state index contributed by atoms with van der Waals surface area (Å²) in [4.78, 5) is 30.7. The number of aliphatic hydroxyl groups is 1. The summed E-state index contributed by atoms with van der Waals surface area (Å²) in [6.45, 7) is -0.470. The summed E-state index contributed by atoms with van der Waals surface area (Å²) < 4.78 is 98.5. The second kappa shape index (κ2) is 11.4. The Hall–Kier alpha value is -4.12. The van der Waals surface area contributed by atoms with Gasteiger partial charge >= 0.3 is 12.4 Å². The molecule has 2 bridgehead atoms. The van der Waals surface area contributed by atoms with Crippen molar-refractivity contribution in [3.63, 3.8) is 0 Å². The van der Waals surface area contributed by atoms with E-state index in [1.807, 2.05) is 0 Å². The molecule has 0 radical (unpaired) electrons. The van der Waals surface area contributed by atoms with E-state index in [4.69, 9.17) is 9.84 Å². The van der Waals surface area contributed by atoms with Gasteiger partial charge in [-0.25, -0.2) is 9.37 Å². The molecule has 1 aromatic carbocycles. The van der Waals surface area contributed by atoms with Crippen molar-refractivity contribution in [3.8, 4) is 17.7 Å². The number of anilines is 1. The number of allylic oxidation sites excluding steroid dienone is 1. The minimum atomic E-state index is -5.06. The fourth-order valence-electron chi connectivity index (χ4n) is 5.44. The van der Waals surface area contributed by atoms with Crippen molar-refractivity contribution in [1.29, 1.82) is 0 Å². The lowest BCUT2D eigenvalue weighted by Crippen LogP contribution is -2.48. The average Bonchev–Trinajstić information content (AvgIpc) is 3.40. The molecule has 2 fully saturated rings. The fourth-order valence-corrected chi connectivity index (χ4v) is 5.44. The first-order chi connectivity index (χ1) is 19.2. The number of ether oxygens (including phenoxy) is 1. The molecular weight excluding hydrogens is 563 g/mol. The van der Waals surface area contributed by atoms with Gasteiger partial charge in [0.15, 0.2) is 0 Å². The predicted octanol–water partition coefficient (Wildman–Crippen LogP) is 4.47. The Bertz CT molecular complexity index is 1440. The minimum Gasteiger partial charge on any atom is -0.480 e. The molecule has 1 heterocycles. The summed E-state index contributed by atoms with van der Waals surface area (Å²) in [5.41, 5.74) is -2.07. The van der Waals surface area contributed by atoms with Crippen LogP contribution in [-0.4, -0.2) is 47.8 Å². The third-order valence-electron chi connectivity index (χ3n) is 6.97. The number of carbonyl (C=O) groups excluding carboxylic acids is 2. The highest BCUT2D eigenvalue weighted by molar-refractivity contribution is 5.99. The SMILES string of the molecule is COc1ncc(C#CCO)cc1C(=O)N[C@@H]1C2CCC(/C2=C/C(F)(F)F)[C@@H]1C(=O)Nc1ccc(F)c(C(F)(F)F)c1. The molecule has 2 unspecified atom stereocenters. The van der Waals surface area contributed by atoms with Gasteiger partial charge in [-0.3, -0.25) is 9.59 Å². The second-order valence-corrected chi connectivity index (χ2v) is 9.42. The second-order valence-electron chi connectivity index (χ2n) is 9.42. The standard InChI is InChI=1S/C27H22F7N3O4/c1-41-25-17(9-13(12-35-25)3-2-8-38)23(39)37-22-16-6-5-15(18(16)11-26(29,30)31)21(22)24(40)36-14-4-7-20(28)19(10-14)27(32,33)34/h4,7,9-12,15-16,21-22,38H,5-6,8H2,1H3,(H,36,40)(H,37,39)/b18-11-/t15?,16?,21-,22+/m0/s1. The van der Waals surface area contributed by atoms with E-state index in [1.54, 1.807) is 0 Å². The zero-order chi connectivity index (χ0) is 30.1. The van der Waals surface area contributed by atoms with Crippen LogP contribution in [0.15, 0.2) is 42.1 Å². The Morgan fingerprint density at radius 2 is 1.85 bits per heavy atom. The van der Waals surface area contributed by atoms with Gasteiger partial charge in [0.2, 0.25) is 11.8 Å². The molecule has 2 aromatic rings. The topological polar surface area (TPSA) is 101 Å². The Balaban J connectivity index is 1.68. The number of methoxy groups -OCH3 is 1. The first kappa shape index (κ1) is 29.9. The molecule has 14 heteroatoms. The zero-order valence-electron chi connectivity index (χ0n) is 21.2. The zero-order valence-corrected chi connectivity index (χ0v) is 21.2. The first-order valence-electron chi connectivity index (χ1n) is 12.1. The van der Waals surface area contributed by atoms with E-state index < -0.39 is 71.6 Å². The summed E-state index contributed by atoms with van der Waals surface area (Å²) in [5.74, 6) is -1.68. The fraction of sp³-hybridized carbons (Fsp3) is 0.370. The third-order valence-corrected chi connectivity index (χ3v) is 6.97. The number of aromatic nitrogens is 1. The van der Waals surface area contributed by atoms with Gasteiger partial charge in [0.25, 0.3) is 5.91 Å². The number of amides is 2. The van der Waals surface area contributed by atoms with Crippen molar-refractivity contribution in [2.75, 3.05) is 19.0 Å². The number of halogens is 7. The normalized spacial score (nSPS) is 22.7. The van der Waals surface area contributed by atoms with Gasteiger partial charge in [0.1, 0.15) is 18.0 Å². The maximum absolute atomic E-state index is 13.7. The van der Waals surface area contributed by atoms with Crippen molar-refractivity contribution in [3.05, 3.63) is 64.6 Å². The average molecular weight is 585 g/mol. The first-order valence-corrected chi connectivity index (χ1v) is 12.1. The molecule has 0 aliphatic heterocycles. The molecule has 41 heavy (non-hydrogen) atoms. The van der Waals surface area contributed by atoms with E-state index in [0.717, 1.165) is 6.07 Å². The van der Waals surface area contributed by atoms with Crippen LogP contribution in [0.2, 0.25) is 0 Å². The number of pyridine rings is 1. The number of nitrogens with zero attached hydrogens (tertiary/aromatic N) is 1. The summed E-state index contributed by atoms with van der Waals surface area (Å²) in [6.07, 6.45) is -8.03. The molecule has 2 amide bonds. The van der Waals surface area contributed by atoms with Crippen LogP contribution < -0.4 is 15.4 Å². The van der Waals surface area contributed by atoms with Crippen LogP contribution in [0.5, 0.6) is 5.88 Å². The van der Waals surface area contributed by atoms with Gasteiger partial charge in [-0.2, -0.15) is 26.3 Å². The number of rotatable bonds is 5.